The standard InChI is InChI=1S/C16H15Cl2NO3S/c1-19-16(20)10-23(21)9-11-4-2-3-5-15(11)22-12-6-7-13(17)14(18)8-12/h2-8H,9-10H2,1H3,(H,19,20). The van der Waals surface area contributed by atoms with Gasteiger partial charge in [0.2, 0.25) is 5.91 Å². The van der Waals surface area contributed by atoms with Crippen molar-refractivity contribution in [2.75, 3.05) is 12.8 Å². The van der Waals surface area contributed by atoms with E-state index in [9.17, 15) is 9.00 Å². The SMILES string of the molecule is CNC(=O)CS(=O)Cc1ccccc1Oc1ccc(Cl)c(Cl)c1. The Labute approximate surface area is 147 Å². The third kappa shape index (κ3) is 5.23. The van der Waals surface area contributed by atoms with E-state index in [1.54, 1.807) is 24.3 Å². The zero-order valence-corrected chi connectivity index (χ0v) is 14.7. The molecule has 0 saturated carbocycles. The van der Waals surface area contributed by atoms with Gasteiger partial charge in [0, 0.05) is 29.5 Å². The molecule has 2 aromatic rings. The Morgan fingerprint density at radius 3 is 2.61 bits per heavy atom. The molecule has 0 aliphatic heterocycles. The number of amides is 1. The normalized spacial score (nSPS) is 11.8. The maximum absolute atomic E-state index is 12.0. The van der Waals surface area contributed by atoms with Gasteiger partial charge in [0.1, 0.15) is 17.3 Å². The van der Waals surface area contributed by atoms with Crippen molar-refractivity contribution in [2.24, 2.45) is 0 Å². The highest BCUT2D eigenvalue weighted by Gasteiger charge is 2.12. The molecule has 1 atom stereocenters. The molecule has 0 spiro atoms. The summed E-state index contributed by atoms with van der Waals surface area (Å²) in [5, 5.41) is 3.29. The van der Waals surface area contributed by atoms with Crippen molar-refractivity contribution >= 4 is 39.9 Å². The summed E-state index contributed by atoms with van der Waals surface area (Å²) in [4.78, 5) is 11.3. The highest BCUT2D eigenvalue weighted by molar-refractivity contribution is 7.84. The van der Waals surface area contributed by atoms with Gasteiger partial charge in [-0.3, -0.25) is 9.00 Å². The summed E-state index contributed by atoms with van der Waals surface area (Å²) in [6, 6.07) is 12.2. The van der Waals surface area contributed by atoms with Gasteiger partial charge in [0.25, 0.3) is 0 Å². The van der Waals surface area contributed by atoms with Crippen LogP contribution < -0.4 is 10.1 Å². The predicted molar refractivity (Wildman–Crippen MR) is 93.8 cm³/mol. The number of hydrogen-bond donors (Lipinski definition) is 1. The third-order valence-electron chi connectivity index (χ3n) is 2.98. The van der Waals surface area contributed by atoms with Gasteiger partial charge in [-0.1, -0.05) is 41.4 Å². The molecule has 2 aromatic carbocycles. The first-order chi connectivity index (χ1) is 11.0. The molecule has 1 N–H and O–H groups in total. The number of benzene rings is 2. The Hall–Kier alpha value is -1.56. The smallest absolute Gasteiger partial charge is 0.232 e. The van der Waals surface area contributed by atoms with Gasteiger partial charge < -0.3 is 10.1 Å². The molecule has 0 aliphatic carbocycles. The first kappa shape index (κ1) is 17.8. The molecule has 7 heteroatoms. The summed E-state index contributed by atoms with van der Waals surface area (Å²) in [6.07, 6.45) is 0. The zero-order chi connectivity index (χ0) is 16.8. The molecule has 0 radical (unpaired) electrons. The Balaban J connectivity index is 2.15. The molecule has 0 aromatic heterocycles. The fourth-order valence-electron chi connectivity index (χ4n) is 1.83. The number of hydrogen-bond acceptors (Lipinski definition) is 3. The highest BCUT2D eigenvalue weighted by atomic mass is 35.5. The molecule has 0 saturated heterocycles. The topological polar surface area (TPSA) is 55.4 Å². The van der Waals surface area contributed by atoms with Crippen LogP contribution in [0.15, 0.2) is 42.5 Å². The Morgan fingerprint density at radius 2 is 1.91 bits per heavy atom. The van der Waals surface area contributed by atoms with Gasteiger partial charge in [0.05, 0.1) is 15.8 Å². The number of nitrogens with one attached hydrogen (secondary N) is 1. The summed E-state index contributed by atoms with van der Waals surface area (Å²) in [5.41, 5.74) is 0.751. The largest absolute Gasteiger partial charge is 0.457 e. The molecule has 0 heterocycles. The Morgan fingerprint density at radius 1 is 1.17 bits per heavy atom. The summed E-state index contributed by atoms with van der Waals surface area (Å²) in [7, 11) is 0.198. The summed E-state index contributed by atoms with van der Waals surface area (Å²) in [5.74, 6) is 1.02. The zero-order valence-electron chi connectivity index (χ0n) is 12.3. The second-order valence-corrected chi connectivity index (χ2v) is 6.96. The summed E-state index contributed by atoms with van der Waals surface area (Å²) in [6.45, 7) is 0. The minimum absolute atomic E-state index is 0.0440. The Bertz CT molecular complexity index is 737. The van der Waals surface area contributed by atoms with Crippen molar-refractivity contribution in [3.63, 3.8) is 0 Å². The fraction of sp³-hybridized carbons (Fsp3) is 0.188. The maximum Gasteiger partial charge on any atom is 0.232 e. The molecule has 4 nitrogen and oxygen atoms in total. The molecule has 0 aliphatic rings. The number of halogens is 2. The number of para-hydroxylation sites is 1. The Kier molecular flexibility index (Phi) is 6.45. The number of rotatable bonds is 6. The van der Waals surface area contributed by atoms with E-state index in [1.165, 1.54) is 7.05 Å². The second kappa shape index (κ2) is 8.34. The molecule has 1 unspecified atom stereocenters. The number of carbonyl (C=O) groups excluding carboxylic acids is 1. The summed E-state index contributed by atoms with van der Waals surface area (Å²) >= 11 is 11.9. The monoisotopic (exact) mass is 371 g/mol. The van der Waals surface area contributed by atoms with Gasteiger partial charge >= 0.3 is 0 Å². The molecular formula is C16H15Cl2NO3S. The van der Waals surface area contributed by atoms with Gasteiger partial charge in [-0.2, -0.15) is 0 Å². The van der Waals surface area contributed by atoms with Crippen molar-refractivity contribution in [1.82, 2.24) is 5.32 Å². The maximum atomic E-state index is 12.0. The molecule has 0 bridgehead atoms. The van der Waals surface area contributed by atoms with Crippen LogP contribution in [0.3, 0.4) is 0 Å². The first-order valence-corrected chi connectivity index (χ1v) is 9.00. The highest BCUT2D eigenvalue weighted by Crippen LogP contribution is 2.31. The molecule has 23 heavy (non-hydrogen) atoms. The lowest BCUT2D eigenvalue weighted by Crippen LogP contribution is -2.24. The molecule has 0 fully saturated rings. The summed E-state index contributed by atoms with van der Waals surface area (Å²) < 4.78 is 17.8. The van der Waals surface area contributed by atoms with Crippen molar-refractivity contribution < 1.29 is 13.7 Å². The van der Waals surface area contributed by atoms with Crippen LogP contribution in [-0.2, 0) is 21.3 Å². The third-order valence-corrected chi connectivity index (χ3v) is 4.94. The molecular weight excluding hydrogens is 357 g/mol. The average molecular weight is 372 g/mol. The average Bonchev–Trinajstić information content (AvgIpc) is 2.52. The second-order valence-electron chi connectivity index (χ2n) is 4.69. The van der Waals surface area contributed by atoms with E-state index in [2.05, 4.69) is 5.32 Å². The van der Waals surface area contributed by atoms with E-state index in [4.69, 9.17) is 27.9 Å². The fourth-order valence-corrected chi connectivity index (χ4v) is 3.25. The molecule has 1 amide bonds. The van der Waals surface area contributed by atoms with Crippen LogP contribution in [0.25, 0.3) is 0 Å². The van der Waals surface area contributed by atoms with Gasteiger partial charge in [0.15, 0.2) is 0 Å². The number of ether oxygens (including phenoxy) is 1. The lowest BCUT2D eigenvalue weighted by molar-refractivity contribution is -0.118. The van der Waals surface area contributed by atoms with Crippen LogP contribution in [0.1, 0.15) is 5.56 Å². The van der Waals surface area contributed by atoms with E-state index < -0.39 is 10.8 Å². The first-order valence-electron chi connectivity index (χ1n) is 6.76. The van der Waals surface area contributed by atoms with Crippen molar-refractivity contribution in [3.8, 4) is 11.5 Å². The molecule has 2 rings (SSSR count). The van der Waals surface area contributed by atoms with E-state index in [0.29, 0.717) is 21.5 Å². The lowest BCUT2D eigenvalue weighted by atomic mass is 10.2. The van der Waals surface area contributed by atoms with Gasteiger partial charge in [-0.05, 0) is 18.2 Å². The van der Waals surface area contributed by atoms with Crippen molar-refractivity contribution in [3.05, 3.63) is 58.1 Å². The van der Waals surface area contributed by atoms with Crippen molar-refractivity contribution in [1.29, 1.82) is 0 Å². The van der Waals surface area contributed by atoms with Gasteiger partial charge in [-0.25, -0.2) is 0 Å². The predicted octanol–water partition coefficient (Wildman–Crippen LogP) is 3.78. The number of carbonyl (C=O) groups is 1. The van der Waals surface area contributed by atoms with E-state index in [-0.39, 0.29) is 17.4 Å². The van der Waals surface area contributed by atoms with E-state index in [1.807, 2.05) is 18.2 Å². The lowest BCUT2D eigenvalue weighted by Gasteiger charge is -2.11. The van der Waals surface area contributed by atoms with Crippen LogP contribution in [0.2, 0.25) is 10.0 Å². The van der Waals surface area contributed by atoms with Crippen LogP contribution in [0, 0.1) is 0 Å². The van der Waals surface area contributed by atoms with E-state index in [0.717, 1.165) is 5.56 Å². The van der Waals surface area contributed by atoms with Crippen LogP contribution in [0.4, 0.5) is 0 Å². The minimum Gasteiger partial charge on any atom is -0.457 e. The van der Waals surface area contributed by atoms with Gasteiger partial charge in [-0.15, -0.1) is 0 Å². The minimum atomic E-state index is -1.32. The van der Waals surface area contributed by atoms with Crippen LogP contribution in [0.5, 0.6) is 11.5 Å². The molecule has 122 valence electrons. The van der Waals surface area contributed by atoms with Crippen LogP contribution >= 0.6 is 23.2 Å². The quantitative estimate of drug-likeness (QED) is 0.840. The van der Waals surface area contributed by atoms with Crippen molar-refractivity contribution in [2.45, 2.75) is 5.75 Å². The van der Waals surface area contributed by atoms with Crippen LogP contribution in [-0.4, -0.2) is 22.9 Å². The van der Waals surface area contributed by atoms with E-state index >= 15 is 0 Å².